The van der Waals surface area contributed by atoms with E-state index in [1.165, 1.54) is 6.07 Å². The molecular weight excluding hydrogens is 331 g/mol. The van der Waals surface area contributed by atoms with Gasteiger partial charge in [0.15, 0.2) is 0 Å². The number of hydrogen-bond acceptors (Lipinski definition) is 5. The number of aromatic nitrogens is 2. The fourth-order valence-electron chi connectivity index (χ4n) is 1.62. The van der Waals surface area contributed by atoms with Crippen molar-refractivity contribution in [3.8, 4) is 0 Å². The highest BCUT2D eigenvalue weighted by Crippen LogP contribution is 2.30. The van der Waals surface area contributed by atoms with E-state index in [0.717, 1.165) is 6.07 Å². The third-order valence-corrected chi connectivity index (χ3v) is 3.14. The van der Waals surface area contributed by atoms with Crippen molar-refractivity contribution in [2.45, 2.75) is 13.5 Å². The molecule has 1 heterocycles. The van der Waals surface area contributed by atoms with Crippen LogP contribution in [0.4, 0.5) is 15.8 Å². The first-order chi connectivity index (χ1) is 9.47. The van der Waals surface area contributed by atoms with E-state index < -0.39 is 10.7 Å². The molecule has 1 aromatic heterocycles. The summed E-state index contributed by atoms with van der Waals surface area (Å²) in [7, 11) is 0. The van der Waals surface area contributed by atoms with Gasteiger partial charge < -0.3 is 5.32 Å². The number of halogens is 2. The summed E-state index contributed by atoms with van der Waals surface area (Å²) in [4.78, 5) is 18.4. The first kappa shape index (κ1) is 14.3. The Morgan fingerprint density at radius 1 is 1.50 bits per heavy atom. The lowest BCUT2D eigenvalue weighted by Crippen LogP contribution is -2.05. The number of nitrogens with zero attached hydrogens (tertiary/aromatic N) is 3. The summed E-state index contributed by atoms with van der Waals surface area (Å²) in [6.07, 6.45) is 1.61. The monoisotopic (exact) mass is 340 g/mol. The zero-order valence-corrected chi connectivity index (χ0v) is 12.0. The lowest BCUT2D eigenvalue weighted by atomic mass is 10.2. The van der Waals surface area contributed by atoms with Crippen molar-refractivity contribution in [2.75, 3.05) is 5.32 Å². The molecule has 8 heteroatoms. The molecule has 0 aliphatic heterocycles. The minimum atomic E-state index is -0.680. The fraction of sp³-hybridized carbons (Fsp3) is 0.167. The molecule has 0 aliphatic rings. The maximum atomic E-state index is 13.3. The highest BCUT2D eigenvalue weighted by molar-refractivity contribution is 9.10. The van der Waals surface area contributed by atoms with Gasteiger partial charge in [-0.25, -0.2) is 14.4 Å². The quantitative estimate of drug-likeness (QED) is 0.682. The van der Waals surface area contributed by atoms with Crippen LogP contribution in [0.1, 0.15) is 11.5 Å². The van der Waals surface area contributed by atoms with E-state index in [2.05, 4.69) is 31.2 Å². The van der Waals surface area contributed by atoms with Gasteiger partial charge in [0.25, 0.3) is 5.69 Å². The number of aryl methyl sites for hydroxylation is 1. The summed E-state index contributed by atoms with van der Waals surface area (Å²) in [6.45, 7) is 2.03. The Morgan fingerprint density at radius 2 is 2.25 bits per heavy atom. The van der Waals surface area contributed by atoms with Gasteiger partial charge in [-0.05, 0) is 35.0 Å². The molecule has 0 radical (unpaired) electrons. The zero-order valence-electron chi connectivity index (χ0n) is 10.4. The molecule has 2 aromatic rings. The molecule has 1 N–H and O–H groups in total. The fourth-order valence-corrected chi connectivity index (χ4v) is 1.96. The van der Waals surface area contributed by atoms with Gasteiger partial charge in [-0.1, -0.05) is 0 Å². The van der Waals surface area contributed by atoms with E-state index in [1.54, 1.807) is 19.2 Å². The highest BCUT2D eigenvalue weighted by atomic mass is 79.9. The van der Waals surface area contributed by atoms with Crippen LogP contribution in [0.25, 0.3) is 0 Å². The molecule has 104 valence electrons. The molecule has 0 fully saturated rings. The summed E-state index contributed by atoms with van der Waals surface area (Å²) in [5.41, 5.74) is 0.586. The predicted octanol–water partition coefficient (Wildman–Crippen LogP) is 3.21. The second kappa shape index (κ2) is 5.91. The summed E-state index contributed by atoms with van der Waals surface area (Å²) >= 11 is 3.00. The lowest BCUT2D eigenvalue weighted by molar-refractivity contribution is -0.384. The van der Waals surface area contributed by atoms with Crippen molar-refractivity contribution in [3.63, 3.8) is 0 Å². The maximum Gasteiger partial charge on any atom is 0.295 e. The molecule has 0 spiro atoms. The average Bonchev–Trinajstić information content (AvgIpc) is 2.39. The number of nitro groups is 1. The molecule has 1 aromatic carbocycles. The second-order valence-electron chi connectivity index (χ2n) is 3.99. The third-order valence-electron chi connectivity index (χ3n) is 2.53. The minimum absolute atomic E-state index is 0.157. The van der Waals surface area contributed by atoms with E-state index >= 15 is 0 Å². The molecule has 0 aliphatic carbocycles. The van der Waals surface area contributed by atoms with Gasteiger partial charge in [0, 0.05) is 6.20 Å². The van der Waals surface area contributed by atoms with E-state index in [-0.39, 0.29) is 22.4 Å². The maximum absolute atomic E-state index is 13.3. The first-order valence-electron chi connectivity index (χ1n) is 5.63. The van der Waals surface area contributed by atoms with Crippen LogP contribution in [0.2, 0.25) is 0 Å². The molecule has 20 heavy (non-hydrogen) atoms. The van der Waals surface area contributed by atoms with Gasteiger partial charge >= 0.3 is 0 Å². The normalized spacial score (nSPS) is 10.3. The van der Waals surface area contributed by atoms with Gasteiger partial charge in [-0.15, -0.1) is 0 Å². The molecular formula is C12H10BrFN4O2. The summed E-state index contributed by atoms with van der Waals surface area (Å²) in [6, 6.07) is 3.91. The Bertz CT molecular complexity index is 666. The number of anilines is 1. The van der Waals surface area contributed by atoms with Crippen LogP contribution >= 0.6 is 15.9 Å². The first-order valence-corrected chi connectivity index (χ1v) is 6.42. The van der Waals surface area contributed by atoms with Crippen molar-refractivity contribution in [1.29, 1.82) is 0 Å². The van der Waals surface area contributed by atoms with E-state index in [9.17, 15) is 14.5 Å². The van der Waals surface area contributed by atoms with Crippen molar-refractivity contribution >= 4 is 27.3 Å². The molecule has 0 unspecified atom stereocenters. The SMILES string of the molecule is Cc1nccc(CNc2cc(Br)c(F)cc2[N+](=O)[O-])n1. The largest absolute Gasteiger partial charge is 0.374 e. The Labute approximate surface area is 122 Å². The molecule has 0 atom stereocenters. The van der Waals surface area contributed by atoms with Crippen molar-refractivity contribution in [2.24, 2.45) is 0 Å². The van der Waals surface area contributed by atoms with Gasteiger partial charge in [0.2, 0.25) is 0 Å². The Kier molecular flexibility index (Phi) is 4.23. The zero-order chi connectivity index (χ0) is 14.7. The van der Waals surface area contributed by atoms with E-state index in [1.807, 2.05) is 0 Å². The van der Waals surface area contributed by atoms with Gasteiger partial charge in [0.1, 0.15) is 17.3 Å². The van der Waals surface area contributed by atoms with E-state index in [4.69, 9.17) is 0 Å². The number of hydrogen-bond donors (Lipinski definition) is 1. The molecule has 2 rings (SSSR count). The predicted molar refractivity (Wildman–Crippen MR) is 74.9 cm³/mol. The lowest BCUT2D eigenvalue weighted by Gasteiger charge is -2.08. The smallest absolute Gasteiger partial charge is 0.295 e. The van der Waals surface area contributed by atoms with Crippen molar-refractivity contribution in [3.05, 3.63) is 56.3 Å². The van der Waals surface area contributed by atoms with Crippen LogP contribution in [-0.4, -0.2) is 14.9 Å². The molecule has 6 nitrogen and oxygen atoms in total. The van der Waals surface area contributed by atoms with Gasteiger partial charge in [-0.3, -0.25) is 10.1 Å². The average molecular weight is 341 g/mol. The Hall–Kier alpha value is -2.09. The topological polar surface area (TPSA) is 81.0 Å². The van der Waals surface area contributed by atoms with Crippen LogP contribution in [-0.2, 0) is 6.54 Å². The highest BCUT2D eigenvalue weighted by Gasteiger charge is 2.17. The Morgan fingerprint density at radius 3 is 2.90 bits per heavy atom. The summed E-state index contributed by atoms with van der Waals surface area (Å²) in [5, 5.41) is 13.8. The number of rotatable bonds is 4. The Balaban J connectivity index is 2.24. The van der Waals surface area contributed by atoms with Crippen LogP contribution in [0.5, 0.6) is 0 Å². The minimum Gasteiger partial charge on any atom is -0.374 e. The third kappa shape index (κ3) is 3.27. The van der Waals surface area contributed by atoms with Crippen LogP contribution < -0.4 is 5.32 Å². The molecule has 0 bridgehead atoms. The molecule has 0 saturated heterocycles. The van der Waals surface area contributed by atoms with E-state index in [0.29, 0.717) is 11.5 Å². The summed E-state index contributed by atoms with van der Waals surface area (Å²) in [5.74, 6) is -0.0702. The second-order valence-corrected chi connectivity index (χ2v) is 4.84. The van der Waals surface area contributed by atoms with Crippen LogP contribution in [0.3, 0.4) is 0 Å². The number of benzene rings is 1. The number of nitro benzene ring substituents is 1. The number of nitrogens with one attached hydrogen (secondary N) is 1. The van der Waals surface area contributed by atoms with Gasteiger partial charge in [0.05, 0.1) is 27.7 Å². The van der Waals surface area contributed by atoms with Crippen LogP contribution in [0.15, 0.2) is 28.9 Å². The van der Waals surface area contributed by atoms with Crippen LogP contribution in [0, 0.1) is 22.9 Å². The standard InChI is InChI=1S/C12H10BrFN4O2/c1-7-15-3-2-8(17-7)6-16-11-4-9(13)10(14)5-12(11)18(19)20/h2-5,16H,6H2,1H3. The van der Waals surface area contributed by atoms with Crippen molar-refractivity contribution in [1.82, 2.24) is 9.97 Å². The van der Waals surface area contributed by atoms with Crippen molar-refractivity contribution < 1.29 is 9.31 Å². The van der Waals surface area contributed by atoms with Gasteiger partial charge in [-0.2, -0.15) is 0 Å². The molecule has 0 amide bonds. The summed E-state index contributed by atoms with van der Waals surface area (Å²) < 4.78 is 13.5. The molecule has 0 saturated carbocycles.